The zero-order valence-corrected chi connectivity index (χ0v) is 11.1. The highest BCUT2D eigenvalue weighted by atomic mass is 16.5. The molecule has 0 spiro atoms. The number of rotatable bonds is 5. The third kappa shape index (κ3) is 2.66. The van der Waals surface area contributed by atoms with Crippen molar-refractivity contribution in [2.45, 2.75) is 19.0 Å². The van der Waals surface area contributed by atoms with Gasteiger partial charge in [0.2, 0.25) is 0 Å². The fraction of sp³-hybridized carbons (Fsp3) is 0.571. The molecule has 2 unspecified atom stereocenters. The van der Waals surface area contributed by atoms with Crippen LogP contribution < -0.4 is 10.5 Å². The molecule has 1 aliphatic rings. The molecule has 100 valence electrons. The lowest BCUT2D eigenvalue weighted by atomic mass is 9.96. The Hall–Kier alpha value is -1.10. The van der Waals surface area contributed by atoms with Gasteiger partial charge in [-0.1, -0.05) is 25.1 Å². The summed E-state index contributed by atoms with van der Waals surface area (Å²) in [5.74, 6) is 0.920. The van der Waals surface area contributed by atoms with Crippen LogP contribution in [0.5, 0.6) is 5.75 Å². The van der Waals surface area contributed by atoms with Crippen LogP contribution in [0, 0.1) is 0 Å². The van der Waals surface area contributed by atoms with Crippen molar-refractivity contribution in [3.05, 3.63) is 29.8 Å². The van der Waals surface area contributed by atoms with E-state index in [1.165, 1.54) is 0 Å². The quantitative estimate of drug-likeness (QED) is 0.858. The van der Waals surface area contributed by atoms with Crippen molar-refractivity contribution >= 4 is 0 Å². The van der Waals surface area contributed by atoms with Gasteiger partial charge in [-0.05, 0) is 12.6 Å². The van der Waals surface area contributed by atoms with Crippen LogP contribution in [0.25, 0.3) is 0 Å². The number of likely N-dealkylation sites (N-methyl/N-ethyl adjacent to an activating group) is 1. The van der Waals surface area contributed by atoms with Crippen LogP contribution in [0.4, 0.5) is 0 Å². The minimum absolute atomic E-state index is 0.00626. The van der Waals surface area contributed by atoms with Crippen LogP contribution in [0.3, 0.4) is 0 Å². The van der Waals surface area contributed by atoms with Crippen LogP contribution in [0.15, 0.2) is 24.3 Å². The van der Waals surface area contributed by atoms with Gasteiger partial charge in [-0.15, -0.1) is 0 Å². The molecule has 0 saturated heterocycles. The summed E-state index contributed by atoms with van der Waals surface area (Å²) in [6, 6.07) is 8.25. The molecular formula is C14H22N2O2. The number of methoxy groups -OCH3 is 1. The fourth-order valence-electron chi connectivity index (χ4n) is 2.47. The minimum atomic E-state index is 0.00626. The van der Waals surface area contributed by atoms with Crippen LogP contribution >= 0.6 is 0 Å². The maximum absolute atomic E-state index is 6.38. The molecule has 1 aromatic rings. The van der Waals surface area contributed by atoms with Gasteiger partial charge in [-0.3, -0.25) is 4.90 Å². The fourth-order valence-corrected chi connectivity index (χ4v) is 2.47. The summed E-state index contributed by atoms with van der Waals surface area (Å²) >= 11 is 0. The topological polar surface area (TPSA) is 47.7 Å². The Morgan fingerprint density at radius 2 is 2.22 bits per heavy atom. The SMILES string of the molecule is CCN(CCOC)C1COc2ccccc2C1N. The predicted octanol–water partition coefficient (Wildman–Crippen LogP) is 1.42. The van der Waals surface area contributed by atoms with Crippen molar-refractivity contribution in [1.29, 1.82) is 0 Å². The number of nitrogens with zero attached hydrogens (tertiary/aromatic N) is 1. The molecular weight excluding hydrogens is 228 g/mol. The molecule has 2 atom stereocenters. The van der Waals surface area contributed by atoms with Crippen molar-refractivity contribution in [2.24, 2.45) is 5.73 Å². The maximum atomic E-state index is 6.38. The van der Waals surface area contributed by atoms with Crippen molar-refractivity contribution in [3.8, 4) is 5.75 Å². The van der Waals surface area contributed by atoms with E-state index in [0.29, 0.717) is 6.61 Å². The highest BCUT2D eigenvalue weighted by molar-refractivity contribution is 5.38. The van der Waals surface area contributed by atoms with Crippen LogP contribution in [0.2, 0.25) is 0 Å². The molecule has 0 saturated carbocycles. The van der Waals surface area contributed by atoms with Gasteiger partial charge in [0.15, 0.2) is 0 Å². The van der Waals surface area contributed by atoms with E-state index < -0.39 is 0 Å². The summed E-state index contributed by atoms with van der Waals surface area (Å²) in [5, 5.41) is 0. The Labute approximate surface area is 109 Å². The average molecular weight is 250 g/mol. The molecule has 0 bridgehead atoms. The molecule has 2 N–H and O–H groups in total. The zero-order chi connectivity index (χ0) is 13.0. The normalized spacial score (nSPS) is 22.7. The smallest absolute Gasteiger partial charge is 0.124 e. The lowest BCUT2D eigenvalue weighted by Gasteiger charge is -2.38. The first kappa shape index (κ1) is 13.3. The van der Waals surface area contributed by atoms with E-state index in [4.69, 9.17) is 15.2 Å². The molecule has 1 aromatic carbocycles. The predicted molar refractivity (Wildman–Crippen MR) is 71.8 cm³/mol. The van der Waals surface area contributed by atoms with Crippen molar-refractivity contribution in [2.75, 3.05) is 33.4 Å². The third-order valence-electron chi connectivity index (χ3n) is 3.56. The monoisotopic (exact) mass is 250 g/mol. The van der Waals surface area contributed by atoms with Gasteiger partial charge < -0.3 is 15.2 Å². The summed E-state index contributed by atoms with van der Waals surface area (Å²) in [4.78, 5) is 2.32. The first-order chi connectivity index (χ1) is 8.77. The van der Waals surface area contributed by atoms with E-state index in [9.17, 15) is 0 Å². The molecule has 18 heavy (non-hydrogen) atoms. The number of benzene rings is 1. The number of hydrogen-bond donors (Lipinski definition) is 1. The Balaban J connectivity index is 2.12. The minimum Gasteiger partial charge on any atom is -0.492 e. The second-order valence-corrected chi connectivity index (χ2v) is 4.56. The first-order valence-corrected chi connectivity index (χ1v) is 6.48. The van der Waals surface area contributed by atoms with Gasteiger partial charge in [0.05, 0.1) is 18.7 Å². The first-order valence-electron chi connectivity index (χ1n) is 6.48. The molecule has 0 amide bonds. The van der Waals surface area contributed by atoms with Crippen molar-refractivity contribution < 1.29 is 9.47 Å². The molecule has 0 aliphatic carbocycles. The highest BCUT2D eigenvalue weighted by Gasteiger charge is 2.31. The van der Waals surface area contributed by atoms with Crippen LogP contribution in [-0.4, -0.2) is 44.4 Å². The van der Waals surface area contributed by atoms with Crippen LogP contribution in [0.1, 0.15) is 18.5 Å². The second-order valence-electron chi connectivity index (χ2n) is 4.56. The molecule has 0 fully saturated rings. The summed E-state index contributed by atoms with van der Waals surface area (Å²) < 4.78 is 11.0. The largest absolute Gasteiger partial charge is 0.492 e. The third-order valence-corrected chi connectivity index (χ3v) is 3.56. The number of nitrogens with two attached hydrogens (primary N) is 1. The molecule has 1 aliphatic heterocycles. The Morgan fingerprint density at radius 3 is 2.94 bits per heavy atom. The second kappa shape index (κ2) is 6.18. The zero-order valence-electron chi connectivity index (χ0n) is 11.1. The van der Waals surface area contributed by atoms with Gasteiger partial charge in [0.25, 0.3) is 0 Å². The van der Waals surface area contributed by atoms with E-state index in [0.717, 1.165) is 31.0 Å². The lowest BCUT2D eigenvalue weighted by molar-refractivity contribution is 0.0734. The summed E-state index contributed by atoms with van der Waals surface area (Å²) in [5.41, 5.74) is 7.48. The van der Waals surface area contributed by atoms with E-state index in [2.05, 4.69) is 17.9 Å². The standard InChI is InChI=1S/C14H22N2O2/c1-3-16(8-9-17-2)12-10-18-13-7-5-4-6-11(13)14(12)15/h4-7,12,14H,3,8-10,15H2,1-2H3. The molecule has 2 rings (SSSR count). The van der Waals surface area contributed by atoms with E-state index in [-0.39, 0.29) is 12.1 Å². The van der Waals surface area contributed by atoms with Gasteiger partial charge in [-0.25, -0.2) is 0 Å². The Kier molecular flexibility index (Phi) is 4.58. The number of para-hydroxylation sites is 1. The number of fused-ring (bicyclic) bond motifs is 1. The molecule has 1 heterocycles. The van der Waals surface area contributed by atoms with Crippen molar-refractivity contribution in [3.63, 3.8) is 0 Å². The van der Waals surface area contributed by atoms with E-state index in [1.54, 1.807) is 7.11 Å². The van der Waals surface area contributed by atoms with E-state index >= 15 is 0 Å². The average Bonchev–Trinajstić information content (AvgIpc) is 2.42. The lowest BCUT2D eigenvalue weighted by Crippen LogP contribution is -2.49. The van der Waals surface area contributed by atoms with E-state index in [1.807, 2.05) is 18.2 Å². The maximum Gasteiger partial charge on any atom is 0.124 e. The molecule has 0 aromatic heterocycles. The van der Waals surface area contributed by atoms with Gasteiger partial charge >= 0.3 is 0 Å². The summed E-state index contributed by atoms with van der Waals surface area (Å²) in [6.07, 6.45) is 0. The summed E-state index contributed by atoms with van der Waals surface area (Å²) in [7, 11) is 1.72. The highest BCUT2D eigenvalue weighted by Crippen LogP contribution is 2.32. The summed E-state index contributed by atoms with van der Waals surface area (Å²) in [6.45, 7) is 5.35. The number of ether oxygens (including phenoxy) is 2. The van der Waals surface area contributed by atoms with Gasteiger partial charge in [0.1, 0.15) is 12.4 Å². The Morgan fingerprint density at radius 1 is 1.44 bits per heavy atom. The molecule has 4 heteroatoms. The molecule has 4 nitrogen and oxygen atoms in total. The van der Waals surface area contributed by atoms with Crippen molar-refractivity contribution in [1.82, 2.24) is 4.90 Å². The molecule has 0 radical (unpaired) electrons. The van der Waals surface area contributed by atoms with Gasteiger partial charge in [0, 0.05) is 19.2 Å². The van der Waals surface area contributed by atoms with Gasteiger partial charge in [-0.2, -0.15) is 0 Å². The van der Waals surface area contributed by atoms with Crippen LogP contribution in [-0.2, 0) is 4.74 Å². The number of hydrogen-bond acceptors (Lipinski definition) is 4. The Bertz CT molecular complexity index is 384.